The van der Waals surface area contributed by atoms with E-state index in [0.29, 0.717) is 23.5 Å². The molecular formula is C23H33N3O3S+2. The van der Waals surface area contributed by atoms with Crippen LogP contribution in [0.1, 0.15) is 35.7 Å². The van der Waals surface area contributed by atoms with Gasteiger partial charge in [0.1, 0.15) is 18.1 Å². The van der Waals surface area contributed by atoms with Crippen molar-refractivity contribution < 1.29 is 24.5 Å². The standard InChI is InChI=1S/C23H31N3O3S/c1-3-20(27)22-19(18-7-5-17(2)6-8-18)16-30-23(22)25-21(28)15-24-9-4-10-26-11-13-29-14-12-26/h5-8,16,24H,3-4,9-15H2,1-2H3,(H,25,28)/p+2. The molecule has 1 aliphatic rings. The van der Waals surface area contributed by atoms with E-state index < -0.39 is 0 Å². The highest BCUT2D eigenvalue weighted by molar-refractivity contribution is 7.15. The summed E-state index contributed by atoms with van der Waals surface area (Å²) < 4.78 is 5.38. The number of ether oxygens (including phenoxy) is 1. The summed E-state index contributed by atoms with van der Waals surface area (Å²) in [4.78, 5) is 26.7. The number of carbonyl (C=O) groups is 2. The van der Waals surface area contributed by atoms with E-state index >= 15 is 0 Å². The van der Waals surface area contributed by atoms with E-state index in [9.17, 15) is 9.59 Å². The highest BCUT2D eigenvalue weighted by Crippen LogP contribution is 2.36. The van der Waals surface area contributed by atoms with Crippen LogP contribution >= 0.6 is 11.3 Å². The first kappa shape index (κ1) is 22.6. The molecule has 2 aromatic rings. The van der Waals surface area contributed by atoms with Crippen LogP contribution < -0.4 is 15.5 Å². The molecule has 0 spiro atoms. The number of hydrogen-bond donors (Lipinski definition) is 3. The van der Waals surface area contributed by atoms with Gasteiger partial charge in [-0.3, -0.25) is 9.59 Å². The van der Waals surface area contributed by atoms with E-state index in [2.05, 4.69) is 5.32 Å². The Morgan fingerprint density at radius 3 is 2.63 bits per heavy atom. The van der Waals surface area contributed by atoms with E-state index in [1.54, 1.807) is 4.90 Å². The third-order valence-corrected chi connectivity index (χ3v) is 6.37. The average molecular weight is 432 g/mol. The minimum atomic E-state index is -0.0591. The van der Waals surface area contributed by atoms with Gasteiger partial charge in [0.25, 0.3) is 5.91 Å². The van der Waals surface area contributed by atoms with Crippen LogP contribution in [0.25, 0.3) is 11.1 Å². The molecule has 1 saturated heterocycles. The van der Waals surface area contributed by atoms with E-state index in [1.807, 2.05) is 48.8 Å². The van der Waals surface area contributed by atoms with Crippen LogP contribution in [0.3, 0.4) is 0 Å². The van der Waals surface area contributed by atoms with Gasteiger partial charge in [0.05, 0.1) is 31.9 Å². The number of anilines is 1. The van der Waals surface area contributed by atoms with Crippen molar-refractivity contribution in [2.45, 2.75) is 26.7 Å². The maximum Gasteiger partial charge on any atom is 0.280 e. The fraction of sp³-hybridized carbons (Fsp3) is 0.478. The summed E-state index contributed by atoms with van der Waals surface area (Å²) in [7, 11) is 0. The second-order valence-corrected chi connectivity index (χ2v) is 8.67. The van der Waals surface area contributed by atoms with Gasteiger partial charge in [0.15, 0.2) is 12.3 Å². The minimum absolute atomic E-state index is 0.0552. The number of quaternary nitrogens is 2. The van der Waals surface area contributed by atoms with Crippen LogP contribution in [0.5, 0.6) is 0 Å². The van der Waals surface area contributed by atoms with Gasteiger partial charge in [-0.2, -0.15) is 0 Å². The van der Waals surface area contributed by atoms with Gasteiger partial charge >= 0.3 is 0 Å². The molecule has 1 fully saturated rings. The van der Waals surface area contributed by atoms with Crippen LogP contribution in [-0.2, 0) is 9.53 Å². The Balaban J connectivity index is 1.54. The summed E-state index contributed by atoms with van der Waals surface area (Å²) in [5.74, 6) is -0.00392. The Morgan fingerprint density at radius 1 is 1.20 bits per heavy atom. The zero-order chi connectivity index (χ0) is 21.3. The Hall–Kier alpha value is -2.06. The molecule has 1 aromatic heterocycles. The topological polar surface area (TPSA) is 76.5 Å². The molecule has 0 saturated carbocycles. The number of amides is 1. The molecule has 7 heteroatoms. The van der Waals surface area contributed by atoms with Crippen molar-refractivity contribution in [3.63, 3.8) is 0 Å². The average Bonchev–Trinajstić information content (AvgIpc) is 3.17. The predicted octanol–water partition coefficient (Wildman–Crippen LogP) is 1.12. The van der Waals surface area contributed by atoms with Crippen molar-refractivity contribution >= 4 is 28.0 Å². The fourth-order valence-corrected chi connectivity index (χ4v) is 4.67. The number of benzene rings is 1. The first-order valence-corrected chi connectivity index (χ1v) is 11.7. The summed E-state index contributed by atoms with van der Waals surface area (Å²) in [6, 6.07) is 8.14. The van der Waals surface area contributed by atoms with Crippen molar-refractivity contribution in [2.75, 3.05) is 51.3 Å². The highest BCUT2D eigenvalue weighted by Gasteiger charge is 2.21. The molecule has 0 radical (unpaired) electrons. The second-order valence-electron chi connectivity index (χ2n) is 7.79. The Bertz CT molecular complexity index is 842. The number of hydrogen-bond acceptors (Lipinski definition) is 4. The molecule has 6 nitrogen and oxygen atoms in total. The lowest BCUT2D eigenvalue weighted by Gasteiger charge is -2.23. The van der Waals surface area contributed by atoms with Gasteiger partial charge in [-0.25, -0.2) is 0 Å². The van der Waals surface area contributed by atoms with Crippen LogP contribution in [0.2, 0.25) is 0 Å². The van der Waals surface area contributed by atoms with E-state index in [1.165, 1.54) is 16.9 Å². The number of nitrogens with one attached hydrogen (secondary N) is 2. The van der Waals surface area contributed by atoms with Gasteiger partial charge in [-0.15, -0.1) is 11.3 Å². The number of ketones is 1. The summed E-state index contributed by atoms with van der Waals surface area (Å²) in [5.41, 5.74) is 3.72. The number of aryl methyl sites for hydroxylation is 1. The second kappa shape index (κ2) is 11.4. The number of thiophene rings is 1. The number of morpholine rings is 1. The van der Waals surface area contributed by atoms with Crippen LogP contribution in [0.4, 0.5) is 5.00 Å². The molecule has 0 aliphatic carbocycles. The molecule has 4 N–H and O–H groups in total. The minimum Gasteiger partial charge on any atom is -0.370 e. The Labute approximate surface area is 182 Å². The van der Waals surface area contributed by atoms with Crippen LogP contribution in [0.15, 0.2) is 29.6 Å². The van der Waals surface area contributed by atoms with Gasteiger partial charge in [0, 0.05) is 23.8 Å². The molecule has 162 valence electrons. The highest BCUT2D eigenvalue weighted by atomic mass is 32.1. The largest absolute Gasteiger partial charge is 0.370 e. The maximum absolute atomic E-state index is 12.6. The van der Waals surface area contributed by atoms with Gasteiger partial charge < -0.3 is 20.3 Å². The van der Waals surface area contributed by atoms with Crippen molar-refractivity contribution in [3.8, 4) is 11.1 Å². The molecule has 0 atom stereocenters. The zero-order valence-electron chi connectivity index (χ0n) is 18.0. The zero-order valence-corrected chi connectivity index (χ0v) is 18.8. The molecule has 2 heterocycles. The third-order valence-electron chi connectivity index (χ3n) is 5.47. The fourth-order valence-electron chi connectivity index (χ4n) is 3.67. The SMILES string of the molecule is CCC(=O)c1c(-c2ccc(C)cc2)csc1NC(=O)C[NH2+]CCC[NH+]1CCOCC1. The Kier molecular flexibility index (Phi) is 8.57. The van der Waals surface area contributed by atoms with Crippen LogP contribution in [0, 0.1) is 6.92 Å². The number of nitrogens with two attached hydrogens (primary N) is 1. The normalized spacial score (nSPS) is 14.6. The quantitative estimate of drug-likeness (QED) is 0.390. The summed E-state index contributed by atoms with van der Waals surface area (Å²) in [5, 5.41) is 7.65. The van der Waals surface area contributed by atoms with Gasteiger partial charge in [-0.05, 0) is 12.5 Å². The van der Waals surface area contributed by atoms with Gasteiger partial charge in [0.2, 0.25) is 0 Å². The van der Waals surface area contributed by atoms with E-state index in [4.69, 9.17) is 4.74 Å². The molecule has 1 aromatic carbocycles. The maximum atomic E-state index is 12.6. The number of rotatable bonds is 10. The lowest BCUT2D eigenvalue weighted by Crippen LogP contribution is -3.14. The molecule has 1 aliphatic heterocycles. The summed E-state index contributed by atoms with van der Waals surface area (Å²) in [6.07, 6.45) is 1.49. The van der Waals surface area contributed by atoms with E-state index in [0.717, 1.165) is 56.9 Å². The lowest BCUT2D eigenvalue weighted by atomic mass is 9.99. The number of Topliss-reactive ketones (excluding diaryl/α,β-unsaturated/α-hetero) is 1. The van der Waals surface area contributed by atoms with E-state index in [-0.39, 0.29) is 11.7 Å². The molecule has 30 heavy (non-hydrogen) atoms. The lowest BCUT2D eigenvalue weighted by molar-refractivity contribution is -0.909. The summed E-state index contributed by atoms with van der Waals surface area (Å²) in [6.45, 7) is 10.2. The van der Waals surface area contributed by atoms with Crippen molar-refractivity contribution in [1.82, 2.24) is 0 Å². The molecule has 1 amide bonds. The third kappa shape index (κ3) is 6.22. The first-order valence-electron chi connectivity index (χ1n) is 10.8. The predicted molar refractivity (Wildman–Crippen MR) is 120 cm³/mol. The smallest absolute Gasteiger partial charge is 0.280 e. The first-order chi connectivity index (χ1) is 14.6. The van der Waals surface area contributed by atoms with Gasteiger partial charge in [-0.1, -0.05) is 36.8 Å². The molecular weight excluding hydrogens is 398 g/mol. The van der Waals surface area contributed by atoms with Crippen molar-refractivity contribution in [3.05, 3.63) is 40.8 Å². The molecule has 0 bridgehead atoms. The monoisotopic (exact) mass is 431 g/mol. The van der Waals surface area contributed by atoms with Crippen molar-refractivity contribution in [2.24, 2.45) is 0 Å². The van der Waals surface area contributed by atoms with Crippen molar-refractivity contribution in [1.29, 1.82) is 0 Å². The molecule has 0 unspecified atom stereocenters. The van der Waals surface area contributed by atoms with Crippen LogP contribution in [-0.4, -0.2) is 57.6 Å². The summed E-state index contributed by atoms with van der Waals surface area (Å²) >= 11 is 1.43. The molecule has 3 rings (SSSR count). The Morgan fingerprint density at radius 2 is 1.93 bits per heavy atom. The number of carbonyl (C=O) groups excluding carboxylic acids is 2.